The van der Waals surface area contributed by atoms with Gasteiger partial charge in [-0.15, -0.1) is 0 Å². The number of aliphatic hydroxyl groups excluding tert-OH is 5. The molecule has 0 aliphatic heterocycles. The van der Waals surface area contributed by atoms with E-state index < -0.39 is 75.7 Å². The lowest BCUT2D eigenvalue weighted by Gasteiger charge is -2.41. The van der Waals surface area contributed by atoms with Gasteiger partial charge in [0.25, 0.3) is 0 Å². The average Bonchev–Trinajstić information content (AvgIpc) is 3.25. The van der Waals surface area contributed by atoms with Gasteiger partial charge in [0.15, 0.2) is 6.10 Å². The lowest BCUT2D eigenvalue weighted by molar-refractivity contribution is -0.220. The van der Waals surface area contributed by atoms with Crippen LogP contribution in [0.2, 0.25) is 0 Å². The fourth-order valence-electron chi connectivity index (χ4n) is 7.81. The first-order valence-corrected chi connectivity index (χ1v) is 26.5. The molecule has 0 saturated heterocycles. The number of carbonyl (C=O) groups is 2. The van der Waals surface area contributed by atoms with Gasteiger partial charge in [0.1, 0.15) is 43.2 Å². The molecule has 0 aromatic carbocycles. The number of carbonyl (C=O) groups excluding carboxylic acids is 2. The molecule has 8 atom stereocenters. The summed E-state index contributed by atoms with van der Waals surface area (Å²) in [6.45, 7) is 3.31. The monoisotopic (exact) mass is 907 g/mol. The number of ether oxygens (including phenoxy) is 2. The second kappa shape index (κ2) is 38.8. The van der Waals surface area contributed by atoms with Crippen molar-refractivity contribution in [3.63, 3.8) is 0 Å². The normalized spacial score (nSPS) is 21.9. The standard InChI is InChI=1S/C48H91O13P/c1-3-5-7-9-11-13-15-17-18-19-20-21-22-23-25-27-29-31-33-35-37-42(50)60-40(39-59-62(56,57)61-48-46(54)44(52)43(51)45(53)47(48)55)38-58-41(49)36-34-32-30-28-26-24-16-14-12-10-8-6-4-2/h24,26,40,43-48,51-55H,3-23,25,27-39H2,1-2H3,(H,56,57)/b26-24+/t40-,43?,44+,45?,46?,47?,48?/m1/s1. The Balaban J connectivity index is 2.39. The summed E-state index contributed by atoms with van der Waals surface area (Å²) in [6, 6.07) is 0. The number of rotatable bonds is 42. The molecule has 1 rings (SSSR count). The van der Waals surface area contributed by atoms with Crippen LogP contribution in [0.15, 0.2) is 12.2 Å². The van der Waals surface area contributed by atoms with Gasteiger partial charge in [-0.05, 0) is 38.5 Å². The number of aliphatic hydroxyl groups is 5. The van der Waals surface area contributed by atoms with E-state index in [9.17, 15) is 44.6 Å². The van der Waals surface area contributed by atoms with Gasteiger partial charge < -0.3 is 39.9 Å². The predicted molar refractivity (Wildman–Crippen MR) is 244 cm³/mol. The third-order valence-electron chi connectivity index (χ3n) is 11.9. The van der Waals surface area contributed by atoms with Gasteiger partial charge in [0, 0.05) is 12.8 Å². The zero-order valence-corrected chi connectivity index (χ0v) is 39.8. The molecule has 6 N–H and O–H groups in total. The van der Waals surface area contributed by atoms with E-state index in [1.165, 1.54) is 141 Å². The lowest BCUT2D eigenvalue weighted by atomic mass is 9.85. The zero-order valence-electron chi connectivity index (χ0n) is 38.9. The van der Waals surface area contributed by atoms with Crippen LogP contribution in [0.4, 0.5) is 0 Å². The van der Waals surface area contributed by atoms with Crippen LogP contribution >= 0.6 is 7.82 Å². The molecule has 0 aromatic heterocycles. The van der Waals surface area contributed by atoms with Crippen LogP contribution in [0.25, 0.3) is 0 Å². The van der Waals surface area contributed by atoms with E-state index in [0.29, 0.717) is 12.8 Å². The second-order valence-corrected chi connectivity index (χ2v) is 19.1. The fraction of sp³-hybridized carbons (Fsp3) is 0.917. The highest BCUT2D eigenvalue weighted by molar-refractivity contribution is 7.47. The molecule has 1 aliphatic carbocycles. The quantitative estimate of drug-likeness (QED) is 0.0146. The van der Waals surface area contributed by atoms with Crippen LogP contribution in [0.5, 0.6) is 0 Å². The summed E-state index contributed by atoms with van der Waals surface area (Å²) in [5.41, 5.74) is 0. The molecular weight excluding hydrogens is 815 g/mol. The maximum absolute atomic E-state index is 12.8. The highest BCUT2D eigenvalue weighted by Crippen LogP contribution is 2.47. The van der Waals surface area contributed by atoms with Crippen molar-refractivity contribution in [1.82, 2.24) is 0 Å². The predicted octanol–water partition coefficient (Wildman–Crippen LogP) is 10.2. The van der Waals surface area contributed by atoms with Crippen molar-refractivity contribution in [2.75, 3.05) is 13.2 Å². The molecule has 62 heavy (non-hydrogen) atoms. The first-order chi connectivity index (χ1) is 29.9. The summed E-state index contributed by atoms with van der Waals surface area (Å²) in [5, 5.41) is 50.2. The Labute approximate surface area is 375 Å². The van der Waals surface area contributed by atoms with Gasteiger partial charge in [-0.3, -0.25) is 18.6 Å². The highest BCUT2D eigenvalue weighted by atomic mass is 31.2. The lowest BCUT2D eigenvalue weighted by Crippen LogP contribution is -2.64. The topological polar surface area (TPSA) is 210 Å². The minimum Gasteiger partial charge on any atom is -0.462 e. The molecule has 0 spiro atoms. The number of hydrogen-bond donors (Lipinski definition) is 6. The number of phosphoric acid groups is 1. The van der Waals surface area contributed by atoms with Crippen molar-refractivity contribution in [3.05, 3.63) is 12.2 Å². The minimum absolute atomic E-state index is 0.0999. The molecule has 0 radical (unpaired) electrons. The Morgan fingerprint density at radius 1 is 0.484 bits per heavy atom. The van der Waals surface area contributed by atoms with E-state index >= 15 is 0 Å². The van der Waals surface area contributed by atoms with Crippen LogP contribution in [-0.4, -0.2) is 98.3 Å². The summed E-state index contributed by atoms with van der Waals surface area (Å²) in [5.74, 6) is -1.11. The minimum atomic E-state index is -5.12. The summed E-state index contributed by atoms with van der Waals surface area (Å²) < 4.78 is 33.6. The number of esters is 2. The van der Waals surface area contributed by atoms with Gasteiger partial charge in [-0.1, -0.05) is 187 Å². The van der Waals surface area contributed by atoms with Crippen LogP contribution in [-0.2, 0) is 32.7 Å². The number of hydrogen-bond acceptors (Lipinski definition) is 12. The molecule has 13 nitrogen and oxygen atoms in total. The van der Waals surface area contributed by atoms with Crippen LogP contribution in [0.1, 0.15) is 226 Å². The van der Waals surface area contributed by atoms with E-state index in [1.54, 1.807) is 0 Å². The Kier molecular flexibility index (Phi) is 36.7. The first-order valence-electron chi connectivity index (χ1n) is 25.0. The fourth-order valence-corrected chi connectivity index (χ4v) is 8.79. The van der Waals surface area contributed by atoms with Crippen molar-refractivity contribution in [2.45, 2.75) is 268 Å². The molecular formula is C48H91O13P. The Hall–Kier alpha value is -1.41. The van der Waals surface area contributed by atoms with Crippen molar-refractivity contribution in [2.24, 2.45) is 0 Å². The maximum atomic E-state index is 12.8. The summed E-state index contributed by atoms with van der Waals surface area (Å²) in [4.78, 5) is 35.7. The van der Waals surface area contributed by atoms with Crippen molar-refractivity contribution >= 4 is 19.8 Å². The molecule has 0 amide bonds. The van der Waals surface area contributed by atoms with Gasteiger partial charge in [-0.25, -0.2) is 4.57 Å². The number of unbranched alkanes of at least 4 members (excludes halogenated alkanes) is 28. The highest BCUT2D eigenvalue weighted by Gasteiger charge is 2.51. The van der Waals surface area contributed by atoms with E-state index in [0.717, 1.165) is 44.9 Å². The number of phosphoric ester groups is 1. The van der Waals surface area contributed by atoms with Crippen LogP contribution in [0.3, 0.4) is 0 Å². The van der Waals surface area contributed by atoms with E-state index in [1.807, 2.05) is 0 Å². The first kappa shape index (κ1) is 58.6. The molecule has 0 bridgehead atoms. The van der Waals surface area contributed by atoms with Gasteiger partial charge in [-0.2, -0.15) is 0 Å². The molecule has 1 aliphatic rings. The summed E-state index contributed by atoms with van der Waals surface area (Å²) in [7, 11) is -5.12. The third kappa shape index (κ3) is 30.7. The van der Waals surface area contributed by atoms with E-state index in [2.05, 4.69) is 26.0 Å². The average molecular weight is 907 g/mol. The summed E-state index contributed by atoms with van der Waals surface area (Å²) in [6.07, 6.45) is 28.4. The molecule has 0 aromatic rings. The van der Waals surface area contributed by atoms with E-state index in [-0.39, 0.29) is 12.8 Å². The Morgan fingerprint density at radius 3 is 1.24 bits per heavy atom. The van der Waals surface area contributed by atoms with Crippen molar-refractivity contribution in [1.29, 1.82) is 0 Å². The summed E-state index contributed by atoms with van der Waals surface area (Å²) >= 11 is 0. The third-order valence-corrected chi connectivity index (χ3v) is 12.8. The molecule has 366 valence electrons. The molecule has 14 heteroatoms. The van der Waals surface area contributed by atoms with E-state index in [4.69, 9.17) is 18.5 Å². The molecule has 6 unspecified atom stereocenters. The Bertz CT molecular complexity index is 1140. The smallest absolute Gasteiger partial charge is 0.462 e. The van der Waals surface area contributed by atoms with Crippen LogP contribution < -0.4 is 0 Å². The second-order valence-electron chi connectivity index (χ2n) is 17.7. The maximum Gasteiger partial charge on any atom is 0.472 e. The van der Waals surface area contributed by atoms with Gasteiger partial charge in [0.05, 0.1) is 6.61 Å². The SMILES string of the molecule is CCCCCCCC/C=C/CCCCCC(=O)OC[C@H](COP(=O)(O)OC1C(O)C(O)C(O)[C@H](O)C1O)OC(=O)CCCCCCCCCCCCCCCCCCCCCC. The van der Waals surface area contributed by atoms with Crippen molar-refractivity contribution in [3.8, 4) is 0 Å². The number of allylic oxidation sites excluding steroid dienone is 2. The van der Waals surface area contributed by atoms with Crippen LogP contribution in [0, 0.1) is 0 Å². The zero-order chi connectivity index (χ0) is 45.7. The van der Waals surface area contributed by atoms with Crippen molar-refractivity contribution < 1.29 is 63.1 Å². The Morgan fingerprint density at radius 2 is 0.823 bits per heavy atom. The molecule has 0 heterocycles. The van der Waals surface area contributed by atoms with Gasteiger partial charge >= 0.3 is 19.8 Å². The molecule has 1 saturated carbocycles. The van der Waals surface area contributed by atoms with Gasteiger partial charge in [0.2, 0.25) is 0 Å². The largest absolute Gasteiger partial charge is 0.472 e. The molecule has 1 fully saturated rings.